The maximum atomic E-state index is 11.8. The number of aromatic nitrogens is 3. The van der Waals surface area contributed by atoms with E-state index in [-0.39, 0.29) is 18.1 Å². The first-order valence-electron chi connectivity index (χ1n) is 4.91. The summed E-state index contributed by atoms with van der Waals surface area (Å²) in [4.78, 5) is 24.3. The number of nitrogens with one attached hydrogen (secondary N) is 1. The van der Waals surface area contributed by atoms with E-state index >= 15 is 0 Å². The Bertz CT molecular complexity index is 416. The van der Waals surface area contributed by atoms with E-state index in [0.717, 1.165) is 0 Å². The van der Waals surface area contributed by atoms with Gasteiger partial charge in [0.15, 0.2) is 5.69 Å². The standard InChI is InChI=1S/C9H12N4O3/c1-9(8(15)16)2-3-13(5-9)7(14)6-4-10-12-11-6/h4H,2-3,5H2,1H3,(H,15,16)(H,10,11,12). The van der Waals surface area contributed by atoms with Crippen LogP contribution in [0.2, 0.25) is 0 Å². The van der Waals surface area contributed by atoms with Crippen molar-refractivity contribution in [1.82, 2.24) is 20.3 Å². The van der Waals surface area contributed by atoms with Gasteiger partial charge in [0.1, 0.15) is 0 Å². The predicted molar refractivity (Wildman–Crippen MR) is 52.6 cm³/mol. The zero-order valence-electron chi connectivity index (χ0n) is 8.80. The van der Waals surface area contributed by atoms with E-state index in [1.54, 1.807) is 6.92 Å². The Morgan fingerprint density at radius 1 is 1.62 bits per heavy atom. The van der Waals surface area contributed by atoms with E-state index in [4.69, 9.17) is 5.11 Å². The number of likely N-dealkylation sites (tertiary alicyclic amines) is 1. The van der Waals surface area contributed by atoms with Crippen molar-refractivity contribution in [3.8, 4) is 0 Å². The molecule has 86 valence electrons. The van der Waals surface area contributed by atoms with Crippen molar-refractivity contribution >= 4 is 11.9 Å². The van der Waals surface area contributed by atoms with E-state index in [1.807, 2.05) is 0 Å². The minimum Gasteiger partial charge on any atom is -0.481 e. The van der Waals surface area contributed by atoms with Gasteiger partial charge in [0, 0.05) is 13.1 Å². The summed E-state index contributed by atoms with van der Waals surface area (Å²) in [5.41, 5.74) is -0.631. The number of amides is 1. The summed E-state index contributed by atoms with van der Waals surface area (Å²) in [5, 5.41) is 18.6. The molecule has 0 saturated carbocycles. The van der Waals surface area contributed by atoms with Gasteiger partial charge in [-0.2, -0.15) is 15.4 Å². The van der Waals surface area contributed by atoms with Crippen LogP contribution in [0.25, 0.3) is 0 Å². The van der Waals surface area contributed by atoms with Crippen molar-refractivity contribution in [2.45, 2.75) is 13.3 Å². The van der Waals surface area contributed by atoms with Gasteiger partial charge in [-0.05, 0) is 13.3 Å². The molecule has 7 nitrogen and oxygen atoms in total. The SMILES string of the molecule is CC1(C(=O)O)CCN(C(=O)c2cn[nH]n2)C1. The second-order valence-electron chi connectivity index (χ2n) is 4.20. The number of nitrogens with zero attached hydrogens (tertiary/aromatic N) is 3. The van der Waals surface area contributed by atoms with Crippen molar-refractivity contribution in [3.63, 3.8) is 0 Å². The number of aliphatic carboxylic acids is 1. The molecular weight excluding hydrogens is 212 g/mol. The third kappa shape index (κ3) is 1.64. The number of rotatable bonds is 2. The number of carbonyl (C=O) groups is 2. The summed E-state index contributed by atoms with van der Waals surface area (Å²) in [5.74, 6) is -1.15. The molecule has 1 unspecified atom stereocenters. The van der Waals surface area contributed by atoms with Gasteiger partial charge in [-0.3, -0.25) is 9.59 Å². The van der Waals surface area contributed by atoms with Crippen LogP contribution in [0.1, 0.15) is 23.8 Å². The summed E-state index contributed by atoms with van der Waals surface area (Å²) in [6.07, 6.45) is 1.80. The minimum atomic E-state index is -0.872. The Balaban J connectivity index is 2.10. The van der Waals surface area contributed by atoms with Crippen LogP contribution in [0, 0.1) is 5.41 Å². The predicted octanol–water partition coefficient (Wildman–Crippen LogP) is -0.259. The average molecular weight is 224 g/mol. The molecule has 0 bridgehead atoms. The monoisotopic (exact) mass is 224 g/mol. The molecule has 0 aromatic carbocycles. The first-order chi connectivity index (χ1) is 7.53. The van der Waals surface area contributed by atoms with E-state index in [2.05, 4.69) is 15.4 Å². The van der Waals surface area contributed by atoms with Crippen molar-refractivity contribution in [3.05, 3.63) is 11.9 Å². The summed E-state index contributed by atoms with van der Waals surface area (Å²) >= 11 is 0. The number of hydrogen-bond acceptors (Lipinski definition) is 4. The highest BCUT2D eigenvalue weighted by Gasteiger charge is 2.42. The first kappa shape index (κ1) is 10.6. The largest absolute Gasteiger partial charge is 0.481 e. The summed E-state index contributed by atoms with van der Waals surface area (Å²) < 4.78 is 0. The zero-order valence-corrected chi connectivity index (χ0v) is 8.80. The minimum absolute atomic E-state index is 0.216. The second-order valence-corrected chi connectivity index (χ2v) is 4.20. The van der Waals surface area contributed by atoms with Gasteiger partial charge in [-0.25, -0.2) is 0 Å². The molecule has 1 aromatic rings. The quantitative estimate of drug-likeness (QED) is 0.721. The lowest BCUT2D eigenvalue weighted by molar-refractivity contribution is -0.147. The molecule has 0 aliphatic carbocycles. The molecule has 16 heavy (non-hydrogen) atoms. The van der Waals surface area contributed by atoms with Crippen molar-refractivity contribution in [2.24, 2.45) is 5.41 Å². The summed E-state index contributed by atoms with van der Waals surface area (Å²) in [6.45, 7) is 2.30. The third-order valence-electron chi connectivity index (χ3n) is 2.91. The second kappa shape index (κ2) is 3.58. The van der Waals surface area contributed by atoms with Crippen LogP contribution < -0.4 is 0 Å². The third-order valence-corrected chi connectivity index (χ3v) is 2.91. The smallest absolute Gasteiger partial charge is 0.311 e. The fourth-order valence-electron chi connectivity index (χ4n) is 1.78. The topological polar surface area (TPSA) is 99.2 Å². The maximum absolute atomic E-state index is 11.8. The number of carbonyl (C=O) groups excluding carboxylic acids is 1. The number of H-pyrrole nitrogens is 1. The van der Waals surface area contributed by atoms with Gasteiger partial charge in [-0.1, -0.05) is 0 Å². The molecular formula is C9H12N4O3. The molecule has 0 radical (unpaired) electrons. The fraction of sp³-hybridized carbons (Fsp3) is 0.556. The highest BCUT2D eigenvalue weighted by atomic mass is 16.4. The number of carboxylic acids is 1. The van der Waals surface area contributed by atoms with E-state index < -0.39 is 11.4 Å². The van der Waals surface area contributed by atoms with Crippen LogP contribution in [0.5, 0.6) is 0 Å². The highest BCUT2D eigenvalue weighted by Crippen LogP contribution is 2.30. The molecule has 1 amide bonds. The number of hydrogen-bond donors (Lipinski definition) is 2. The highest BCUT2D eigenvalue weighted by molar-refractivity contribution is 5.92. The average Bonchev–Trinajstić information content (AvgIpc) is 2.85. The Morgan fingerprint density at radius 3 is 2.88 bits per heavy atom. The lowest BCUT2D eigenvalue weighted by Gasteiger charge is -2.19. The van der Waals surface area contributed by atoms with Crippen LogP contribution in [0.4, 0.5) is 0 Å². The normalized spacial score (nSPS) is 24.7. The van der Waals surface area contributed by atoms with Gasteiger partial charge in [0.2, 0.25) is 0 Å². The molecule has 1 fully saturated rings. The van der Waals surface area contributed by atoms with Crippen LogP contribution >= 0.6 is 0 Å². The van der Waals surface area contributed by atoms with Gasteiger partial charge in [-0.15, -0.1) is 0 Å². The van der Waals surface area contributed by atoms with Crippen molar-refractivity contribution < 1.29 is 14.7 Å². The molecule has 1 aromatic heterocycles. The lowest BCUT2D eigenvalue weighted by atomic mass is 9.90. The van der Waals surface area contributed by atoms with Gasteiger partial charge < -0.3 is 10.0 Å². The van der Waals surface area contributed by atoms with Gasteiger partial charge in [0.25, 0.3) is 5.91 Å². The van der Waals surface area contributed by atoms with Crippen molar-refractivity contribution in [1.29, 1.82) is 0 Å². The fourth-order valence-corrected chi connectivity index (χ4v) is 1.78. The first-order valence-corrected chi connectivity index (χ1v) is 4.91. The molecule has 1 aliphatic rings. The van der Waals surface area contributed by atoms with Crippen LogP contribution in [0.15, 0.2) is 6.20 Å². The Hall–Kier alpha value is -1.92. The molecule has 0 spiro atoms. The van der Waals surface area contributed by atoms with E-state index in [0.29, 0.717) is 13.0 Å². The molecule has 7 heteroatoms. The molecule has 2 heterocycles. The van der Waals surface area contributed by atoms with Gasteiger partial charge in [0.05, 0.1) is 11.6 Å². The molecule has 2 rings (SSSR count). The summed E-state index contributed by atoms with van der Waals surface area (Å²) in [6, 6.07) is 0. The van der Waals surface area contributed by atoms with E-state index in [1.165, 1.54) is 11.1 Å². The Labute approximate surface area is 91.4 Å². The molecule has 1 aliphatic heterocycles. The molecule has 1 atom stereocenters. The van der Waals surface area contributed by atoms with Crippen molar-refractivity contribution in [2.75, 3.05) is 13.1 Å². The Kier molecular flexibility index (Phi) is 2.37. The number of carboxylic acid groups (broad SMARTS) is 1. The molecule has 1 saturated heterocycles. The lowest BCUT2D eigenvalue weighted by Crippen LogP contribution is -2.35. The maximum Gasteiger partial charge on any atom is 0.311 e. The Morgan fingerprint density at radius 2 is 2.38 bits per heavy atom. The summed E-state index contributed by atoms with van der Waals surface area (Å²) in [7, 11) is 0. The zero-order chi connectivity index (χ0) is 11.8. The van der Waals surface area contributed by atoms with Crippen LogP contribution in [-0.4, -0.2) is 50.4 Å². The van der Waals surface area contributed by atoms with Crippen LogP contribution in [-0.2, 0) is 4.79 Å². The van der Waals surface area contributed by atoms with Crippen LogP contribution in [0.3, 0.4) is 0 Å². The molecule has 2 N–H and O–H groups in total. The van der Waals surface area contributed by atoms with E-state index in [9.17, 15) is 9.59 Å². The number of aromatic amines is 1. The van der Waals surface area contributed by atoms with Gasteiger partial charge >= 0.3 is 5.97 Å².